The summed E-state index contributed by atoms with van der Waals surface area (Å²) in [6.07, 6.45) is -4.41. The Kier molecular flexibility index (Phi) is 5.18. The number of alkyl halides is 3. The first kappa shape index (κ1) is 18.3. The Morgan fingerprint density at radius 2 is 1.58 bits per heavy atom. The van der Waals surface area contributed by atoms with Crippen LogP contribution >= 0.6 is 11.6 Å². The number of ether oxygens (including phenoxy) is 1. The van der Waals surface area contributed by atoms with Crippen LogP contribution in [0.1, 0.15) is 12.5 Å². The zero-order valence-electron chi connectivity index (χ0n) is 13.8. The molecule has 0 saturated carbocycles. The van der Waals surface area contributed by atoms with Crippen LogP contribution < -0.4 is 4.74 Å². The van der Waals surface area contributed by atoms with E-state index in [0.717, 1.165) is 17.7 Å². The summed E-state index contributed by atoms with van der Waals surface area (Å²) in [6, 6.07) is 15.6. The van der Waals surface area contributed by atoms with Crippen LogP contribution in [0.3, 0.4) is 0 Å². The highest BCUT2D eigenvalue weighted by Gasteiger charge is 2.30. The van der Waals surface area contributed by atoms with Gasteiger partial charge >= 0.3 is 6.18 Å². The number of rotatable bonds is 4. The molecular formula is C20H15ClF3NO. The molecule has 3 rings (SSSR count). The Morgan fingerprint density at radius 1 is 0.923 bits per heavy atom. The first-order valence-electron chi connectivity index (χ1n) is 7.95. The van der Waals surface area contributed by atoms with Crippen LogP contribution in [0.15, 0.2) is 60.7 Å². The number of nitrogens with zero attached hydrogens (tertiary/aromatic N) is 1. The summed E-state index contributed by atoms with van der Waals surface area (Å²) in [5.41, 5.74) is 1.46. The first-order valence-corrected chi connectivity index (χ1v) is 8.33. The summed E-state index contributed by atoms with van der Waals surface area (Å²) < 4.78 is 44.6. The van der Waals surface area contributed by atoms with E-state index in [9.17, 15) is 13.2 Å². The molecule has 6 heteroatoms. The molecule has 0 atom stereocenters. The van der Waals surface area contributed by atoms with Crippen molar-refractivity contribution in [1.82, 2.24) is 4.98 Å². The number of aromatic nitrogens is 1. The summed E-state index contributed by atoms with van der Waals surface area (Å²) in [7, 11) is 0. The highest BCUT2D eigenvalue weighted by Crippen LogP contribution is 2.34. The van der Waals surface area contributed by atoms with Gasteiger partial charge in [0.1, 0.15) is 5.75 Å². The van der Waals surface area contributed by atoms with Crippen LogP contribution in [-0.2, 0) is 6.18 Å². The number of hydrogen-bond donors (Lipinski definition) is 0. The Hall–Kier alpha value is -2.53. The van der Waals surface area contributed by atoms with E-state index in [1.54, 1.807) is 42.5 Å². The number of hydrogen-bond acceptors (Lipinski definition) is 2. The van der Waals surface area contributed by atoms with Gasteiger partial charge in [-0.25, -0.2) is 4.98 Å². The van der Waals surface area contributed by atoms with Crippen LogP contribution in [0, 0.1) is 0 Å². The summed E-state index contributed by atoms with van der Waals surface area (Å²) in [5.74, 6) is 0.542. The van der Waals surface area contributed by atoms with E-state index >= 15 is 0 Å². The van der Waals surface area contributed by atoms with Crippen molar-refractivity contribution in [2.45, 2.75) is 13.1 Å². The third-order valence-electron chi connectivity index (χ3n) is 3.74. The third-order valence-corrected chi connectivity index (χ3v) is 3.99. The molecule has 2 aromatic carbocycles. The van der Waals surface area contributed by atoms with Crippen molar-refractivity contribution in [2.24, 2.45) is 0 Å². The van der Waals surface area contributed by atoms with Crippen LogP contribution in [0.2, 0.25) is 5.02 Å². The lowest BCUT2D eigenvalue weighted by molar-refractivity contribution is -0.137. The van der Waals surface area contributed by atoms with E-state index in [0.29, 0.717) is 34.3 Å². The molecule has 0 radical (unpaired) electrons. The smallest absolute Gasteiger partial charge is 0.416 e. The van der Waals surface area contributed by atoms with Crippen molar-refractivity contribution in [3.63, 3.8) is 0 Å². The fraction of sp³-hybridized carbons (Fsp3) is 0.150. The highest BCUT2D eigenvalue weighted by atomic mass is 35.5. The van der Waals surface area contributed by atoms with Gasteiger partial charge in [0.05, 0.1) is 23.6 Å². The molecule has 0 aliphatic carbocycles. The molecular weight excluding hydrogens is 363 g/mol. The lowest BCUT2D eigenvalue weighted by Gasteiger charge is -2.12. The summed E-state index contributed by atoms with van der Waals surface area (Å²) in [5, 5.41) is 0.591. The molecule has 3 aromatic rings. The lowest BCUT2D eigenvalue weighted by atomic mass is 10.1. The van der Waals surface area contributed by atoms with Crippen LogP contribution in [0.5, 0.6) is 5.75 Å². The zero-order valence-corrected chi connectivity index (χ0v) is 14.6. The Balaban J connectivity index is 2.11. The second kappa shape index (κ2) is 7.38. The standard InChI is InChI=1S/C20H15ClF3NO/c1-2-26-17-11-18(13-6-8-16(21)9-7-13)25-19(12-17)14-4-3-5-15(10-14)20(22,23)24/h3-12H,2H2,1H3. The number of halogens is 4. The van der Waals surface area contributed by atoms with Gasteiger partial charge in [0.2, 0.25) is 0 Å². The Morgan fingerprint density at radius 3 is 2.19 bits per heavy atom. The molecule has 1 aromatic heterocycles. The minimum Gasteiger partial charge on any atom is -0.494 e. The van der Waals surface area contributed by atoms with Crippen LogP contribution in [0.4, 0.5) is 13.2 Å². The normalized spacial score (nSPS) is 11.4. The van der Waals surface area contributed by atoms with Crippen molar-refractivity contribution < 1.29 is 17.9 Å². The molecule has 2 nitrogen and oxygen atoms in total. The van der Waals surface area contributed by atoms with Gasteiger partial charge in [-0.15, -0.1) is 0 Å². The molecule has 0 aliphatic heterocycles. The SMILES string of the molecule is CCOc1cc(-c2ccc(Cl)cc2)nc(-c2cccc(C(F)(F)F)c2)c1. The van der Waals surface area contributed by atoms with Crippen molar-refractivity contribution in [3.05, 3.63) is 71.2 Å². The van der Waals surface area contributed by atoms with Crippen molar-refractivity contribution >= 4 is 11.6 Å². The van der Waals surface area contributed by atoms with Gasteiger partial charge in [-0.2, -0.15) is 13.2 Å². The summed E-state index contributed by atoms with van der Waals surface area (Å²) in [6.45, 7) is 2.28. The largest absolute Gasteiger partial charge is 0.494 e. The van der Waals surface area contributed by atoms with Gasteiger partial charge in [0.15, 0.2) is 0 Å². The van der Waals surface area contributed by atoms with Gasteiger partial charge in [0, 0.05) is 28.3 Å². The maximum absolute atomic E-state index is 13.0. The molecule has 0 spiro atoms. The number of benzene rings is 2. The molecule has 0 saturated heterocycles. The first-order chi connectivity index (χ1) is 12.4. The molecule has 0 aliphatic rings. The second-order valence-electron chi connectivity index (χ2n) is 5.59. The van der Waals surface area contributed by atoms with Crippen LogP contribution in [-0.4, -0.2) is 11.6 Å². The number of pyridine rings is 1. The Labute approximate surface area is 154 Å². The molecule has 0 fully saturated rings. The van der Waals surface area contributed by atoms with E-state index in [1.807, 2.05) is 6.92 Å². The van der Waals surface area contributed by atoms with E-state index in [1.165, 1.54) is 6.07 Å². The average molecular weight is 378 g/mol. The maximum atomic E-state index is 13.0. The van der Waals surface area contributed by atoms with Gasteiger partial charge in [-0.3, -0.25) is 0 Å². The fourth-order valence-electron chi connectivity index (χ4n) is 2.53. The molecule has 0 bridgehead atoms. The highest BCUT2D eigenvalue weighted by molar-refractivity contribution is 6.30. The molecule has 134 valence electrons. The van der Waals surface area contributed by atoms with Gasteiger partial charge in [-0.05, 0) is 31.2 Å². The quantitative estimate of drug-likeness (QED) is 0.518. The predicted molar refractivity (Wildman–Crippen MR) is 96.3 cm³/mol. The molecule has 0 unspecified atom stereocenters. The minimum atomic E-state index is -4.41. The molecule has 0 amide bonds. The lowest BCUT2D eigenvalue weighted by Crippen LogP contribution is -2.04. The predicted octanol–water partition coefficient (Wildman–Crippen LogP) is 6.49. The summed E-state index contributed by atoms with van der Waals surface area (Å²) in [4.78, 5) is 4.52. The van der Waals surface area contributed by atoms with Crippen molar-refractivity contribution in [3.8, 4) is 28.3 Å². The molecule has 26 heavy (non-hydrogen) atoms. The summed E-state index contributed by atoms with van der Waals surface area (Å²) >= 11 is 5.92. The van der Waals surface area contributed by atoms with Crippen molar-refractivity contribution in [1.29, 1.82) is 0 Å². The zero-order chi connectivity index (χ0) is 18.7. The van der Waals surface area contributed by atoms with Gasteiger partial charge < -0.3 is 4.74 Å². The van der Waals surface area contributed by atoms with E-state index in [4.69, 9.17) is 16.3 Å². The van der Waals surface area contributed by atoms with E-state index in [2.05, 4.69) is 4.98 Å². The average Bonchev–Trinajstić information content (AvgIpc) is 2.62. The third kappa shape index (κ3) is 4.17. The van der Waals surface area contributed by atoms with E-state index < -0.39 is 11.7 Å². The van der Waals surface area contributed by atoms with E-state index in [-0.39, 0.29) is 0 Å². The van der Waals surface area contributed by atoms with Gasteiger partial charge in [-0.1, -0.05) is 35.9 Å². The minimum absolute atomic E-state index is 0.372. The fourth-order valence-corrected chi connectivity index (χ4v) is 2.65. The monoisotopic (exact) mass is 377 g/mol. The second-order valence-corrected chi connectivity index (χ2v) is 6.03. The maximum Gasteiger partial charge on any atom is 0.416 e. The Bertz CT molecular complexity index is 908. The molecule has 0 N–H and O–H groups in total. The van der Waals surface area contributed by atoms with Gasteiger partial charge in [0.25, 0.3) is 0 Å². The molecule has 1 heterocycles. The van der Waals surface area contributed by atoms with Crippen molar-refractivity contribution in [2.75, 3.05) is 6.61 Å². The van der Waals surface area contributed by atoms with Crippen LogP contribution in [0.25, 0.3) is 22.5 Å². The topological polar surface area (TPSA) is 22.1 Å².